The molecular formula is C9H18ClFN2. The maximum absolute atomic E-state index is 13.4. The van der Waals surface area contributed by atoms with Gasteiger partial charge in [-0.05, 0) is 38.9 Å². The minimum absolute atomic E-state index is 0. The fourth-order valence-corrected chi connectivity index (χ4v) is 2.29. The molecule has 0 aromatic rings. The molecule has 0 radical (unpaired) electrons. The van der Waals surface area contributed by atoms with Gasteiger partial charge in [0.2, 0.25) is 0 Å². The normalized spacial score (nSPS) is 35.8. The third kappa shape index (κ3) is 2.55. The summed E-state index contributed by atoms with van der Waals surface area (Å²) in [5.74, 6) is 0. The molecule has 4 heteroatoms. The van der Waals surface area contributed by atoms with Gasteiger partial charge in [-0.15, -0.1) is 12.4 Å². The maximum atomic E-state index is 13.4. The van der Waals surface area contributed by atoms with Crippen molar-refractivity contribution in [3.05, 3.63) is 0 Å². The van der Waals surface area contributed by atoms with Gasteiger partial charge in [0.1, 0.15) is 6.17 Å². The Morgan fingerprint density at radius 2 is 1.92 bits per heavy atom. The summed E-state index contributed by atoms with van der Waals surface area (Å²) < 4.78 is 13.4. The number of rotatable bonds is 1. The predicted molar refractivity (Wildman–Crippen MR) is 54.2 cm³/mol. The Morgan fingerprint density at radius 3 is 2.54 bits per heavy atom. The molecule has 0 aliphatic carbocycles. The molecule has 13 heavy (non-hydrogen) atoms. The second-order valence-corrected chi connectivity index (χ2v) is 3.82. The lowest BCUT2D eigenvalue weighted by atomic mass is 10.0. The standard InChI is InChI=1S/C9H17FN2.ClH/c10-8-7-11-4-3-9(8)12-5-1-2-6-12;/h8-9,11H,1-7H2;1H. The van der Waals surface area contributed by atoms with Gasteiger partial charge in [0, 0.05) is 12.6 Å². The first-order chi connectivity index (χ1) is 5.88. The van der Waals surface area contributed by atoms with E-state index in [0.29, 0.717) is 6.54 Å². The van der Waals surface area contributed by atoms with Crippen LogP contribution in [0.5, 0.6) is 0 Å². The largest absolute Gasteiger partial charge is 0.314 e. The highest BCUT2D eigenvalue weighted by Gasteiger charge is 2.31. The molecule has 0 aromatic heterocycles. The Kier molecular flexibility index (Phi) is 4.42. The van der Waals surface area contributed by atoms with Crippen LogP contribution in [0.2, 0.25) is 0 Å². The number of piperidine rings is 1. The molecule has 2 heterocycles. The Morgan fingerprint density at radius 1 is 1.23 bits per heavy atom. The van der Waals surface area contributed by atoms with Gasteiger partial charge in [0.15, 0.2) is 0 Å². The molecule has 2 rings (SSSR count). The van der Waals surface area contributed by atoms with Gasteiger partial charge < -0.3 is 5.32 Å². The van der Waals surface area contributed by atoms with Gasteiger partial charge >= 0.3 is 0 Å². The summed E-state index contributed by atoms with van der Waals surface area (Å²) in [6.45, 7) is 3.78. The van der Waals surface area contributed by atoms with Crippen molar-refractivity contribution in [3.8, 4) is 0 Å². The Bertz CT molecular complexity index is 151. The highest BCUT2D eigenvalue weighted by Crippen LogP contribution is 2.20. The van der Waals surface area contributed by atoms with Gasteiger partial charge in [0.25, 0.3) is 0 Å². The molecule has 0 saturated carbocycles. The molecule has 2 aliphatic rings. The number of nitrogens with one attached hydrogen (secondary N) is 1. The summed E-state index contributed by atoms with van der Waals surface area (Å²) in [7, 11) is 0. The van der Waals surface area contributed by atoms with Crippen LogP contribution in [0, 0.1) is 0 Å². The van der Waals surface area contributed by atoms with Crippen LogP contribution in [-0.2, 0) is 0 Å². The third-order valence-electron chi connectivity index (χ3n) is 2.98. The number of likely N-dealkylation sites (tertiary alicyclic amines) is 1. The fourth-order valence-electron chi connectivity index (χ4n) is 2.29. The van der Waals surface area contributed by atoms with Gasteiger partial charge in [0.05, 0.1) is 0 Å². The van der Waals surface area contributed by atoms with E-state index in [-0.39, 0.29) is 18.4 Å². The zero-order valence-corrected chi connectivity index (χ0v) is 8.65. The second-order valence-electron chi connectivity index (χ2n) is 3.82. The highest BCUT2D eigenvalue weighted by atomic mass is 35.5. The molecule has 0 spiro atoms. The number of nitrogens with zero attached hydrogens (tertiary/aromatic N) is 1. The van der Waals surface area contributed by atoms with Crippen molar-refractivity contribution < 1.29 is 4.39 Å². The first-order valence-electron chi connectivity index (χ1n) is 4.97. The second kappa shape index (κ2) is 5.13. The third-order valence-corrected chi connectivity index (χ3v) is 2.98. The van der Waals surface area contributed by atoms with Crippen LogP contribution in [0.15, 0.2) is 0 Å². The van der Waals surface area contributed by atoms with Gasteiger partial charge in [-0.2, -0.15) is 0 Å². The van der Waals surface area contributed by atoms with E-state index >= 15 is 0 Å². The molecule has 2 atom stereocenters. The van der Waals surface area contributed by atoms with Crippen molar-refractivity contribution in [2.24, 2.45) is 0 Å². The van der Waals surface area contributed by atoms with Crippen LogP contribution in [0.25, 0.3) is 0 Å². The van der Waals surface area contributed by atoms with Crippen LogP contribution in [0.4, 0.5) is 4.39 Å². The van der Waals surface area contributed by atoms with E-state index in [2.05, 4.69) is 10.2 Å². The average molecular weight is 209 g/mol. The number of alkyl halides is 1. The molecule has 2 saturated heterocycles. The molecule has 2 aliphatic heterocycles. The molecule has 0 aromatic carbocycles. The zero-order chi connectivity index (χ0) is 8.39. The maximum Gasteiger partial charge on any atom is 0.128 e. The van der Waals surface area contributed by atoms with E-state index in [1.54, 1.807) is 0 Å². The monoisotopic (exact) mass is 208 g/mol. The molecule has 0 bridgehead atoms. The van der Waals surface area contributed by atoms with Crippen LogP contribution in [-0.4, -0.2) is 43.3 Å². The zero-order valence-electron chi connectivity index (χ0n) is 7.84. The number of hydrogen-bond acceptors (Lipinski definition) is 2. The van der Waals surface area contributed by atoms with Crippen molar-refractivity contribution in [1.82, 2.24) is 10.2 Å². The highest BCUT2D eigenvalue weighted by molar-refractivity contribution is 5.85. The van der Waals surface area contributed by atoms with E-state index in [9.17, 15) is 4.39 Å². The lowest BCUT2D eigenvalue weighted by molar-refractivity contribution is 0.104. The van der Waals surface area contributed by atoms with Crippen molar-refractivity contribution >= 4 is 12.4 Å². The average Bonchev–Trinajstić information content (AvgIpc) is 2.57. The molecular weight excluding hydrogens is 191 g/mol. The molecule has 2 nitrogen and oxygen atoms in total. The van der Waals surface area contributed by atoms with Crippen molar-refractivity contribution in [2.75, 3.05) is 26.2 Å². The quantitative estimate of drug-likeness (QED) is 0.697. The molecule has 0 amide bonds. The fraction of sp³-hybridized carbons (Fsp3) is 1.00. The first kappa shape index (κ1) is 11.2. The number of hydrogen-bond donors (Lipinski definition) is 1. The minimum Gasteiger partial charge on any atom is -0.314 e. The van der Waals surface area contributed by atoms with E-state index < -0.39 is 6.17 Å². The Hall–Kier alpha value is 0.140. The van der Waals surface area contributed by atoms with Crippen LogP contribution < -0.4 is 5.32 Å². The summed E-state index contributed by atoms with van der Waals surface area (Å²) in [5.41, 5.74) is 0. The van der Waals surface area contributed by atoms with Crippen LogP contribution in [0.3, 0.4) is 0 Å². The smallest absolute Gasteiger partial charge is 0.128 e. The van der Waals surface area contributed by atoms with Gasteiger partial charge in [-0.1, -0.05) is 0 Å². The van der Waals surface area contributed by atoms with Crippen molar-refractivity contribution in [3.63, 3.8) is 0 Å². The number of halogens is 2. The topological polar surface area (TPSA) is 15.3 Å². The van der Waals surface area contributed by atoms with Crippen molar-refractivity contribution in [1.29, 1.82) is 0 Å². The SMILES string of the molecule is Cl.FC1CNCCC1N1CCCC1. The Balaban J connectivity index is 0.000000845. The lowest BCUT2D eigenvalue weighted by Crippen LogP contribution is -2.50. The lowest BCUT2D eigenvalue weighted by Gasteiger charge is -2.33. The summed E-state index contributed by atoms with van der Waals surface area (Å²) in [5, 5.41) is 3.09. The van der Waals surface area contributed by atoms with E-state index in [4.69, 9.17) is 0 Å². The van der Waals surface area contributed by atoms with E-state index in [1.165, 1.54) is 12.8 Å². The molecule has 2 unspecified atom stereocenters. The summed E-state index contributed by atoms with van der Waals surface area (Å²) >= 11 is 0. The van der Waals surface area contributed by atoms with E-state index in [0.717, 1.165) is 26.1 Å². The minimum atomic E-state index is -0.642. The van der Waals surface area contributed by atoms with E-state index in [1.807, 2.05) is 0 Å². The Labute approximate surface area is 85.3 Å². The molecule has 1 N–H and O–H groups in total. The summed E-state index contributed by atoms with van der Waals surface area (Å²) in [6, 6.07) is 0.216. The molecule has 2 fully saturated rings. The summed E-state index contributed by atoms with van der Waals surface area (Å²) in [6.07, 6.45) is 2.87. The van der Waals surface area contributed by atoms with Gasteiger partial charge in [-0.25, -0.2) is 4.39 Å². The van der Waals surface area contributed by atoms with Crippen LogP contribution >= 0.6 is 12.4 Å². The van der Waals surface area contributed by atoms with Crippen molar-refractivity contribution in [2.45, 2.75) is 31.5 Å². The summed E-state index contributed by atoms with van der Waals surface area (Å²) in [4.78, 5) is 2.32. The predicted octanol–water partition coefficient (Wildman–Crippen LogP) is 1.20. The van der Waals surface area contributed by atoms with Gasteiger partial charge in [-0.3, -0.25) is 4.90 Å². The first-order valence-corrected chi connectivity index (χ1v) is 4.97. The molecule has 78 valence electrons. The van der Waals surface area contributed by atoms with Crippen LogP contribution in [0.1, 0.15) is 19.3 Å².